The Morgan fingerprint density at radius 2 is 1.59 bits per heavy atom. The molecule has 0 unspecified atom stereocenters. The molecule has 3 N–H and O–H groups in total. The minimum absolute atomic E-state index is 0.167. The zero-order chi connectivity index (χ0) is 23.6. The van der Waals surface area contributed by atoms with Gasteiger partial charge in [0.2, 0.25) is 11.8 Å². The van der Waals surface area contributed by atoms with Gasteiger partial charge in [-0.25, -0.2) is 4.79 Å². The number of para-hydroxylation sites is 1. The van der Waals surface area contributed by atoms with Crippen molar-refractivity contribution in [1.82, 2.24) is 10.6 Å². The zero-order valence-electron chi connectivity index (χ0n) is 19.0. The molecule has 0 saturated heterocycles. The number of alkyl carbamates (subject to hydrolysis) is 1. The van der Waals surface area contributed by atoms with E-state index in [-0.39, 0.29) is 31.3 Å². The number of amides is 3. The lowest BCUT2D eigenvalue weighted by Crippen LogP contribution is -2.39. The molecule has 3 amide bonds. The van der Waals surface area contributed by atoms with Crippen LogP contribution in [0, 0.1) is 0 Å². The molecule has 32 heavy (non-hydrogen) atoms. The highest BCUT2D eigenvalue weighted by atomic mass is 16.6. The van der Waals surface area contributed by atoms with Gasteiger partial charge in [-0.2, -0.15) is 0 Å². The summed E-state index contributed by atoms with van der Waals surface area (Å²) in [4.78, 5) is 36.2. The number of hydrogen-bond donors (Lipinski definition) is 3. The Balaban J connectivity index is 1.85. The Morgan fingerprint density at radius 3 is 2.25 bits per heavy atom. The van der Waals surface area contributed by atoms with Crippen molar-refractivity contribution in [3.8, 4) is 5.75 Å². The minimum Gasteiger partial charge on any atom is -0.494 e. The average Bonchev–Trinajstić information content (AvgIpc) is 2.72. The van der Waals surface area contributed by atoms with Crippen LogP contribution < -0.4 is 20.7 Å². The van der Waals surface area contributed by atoms with Crippen LogP contribution in [-0.2, 0) is 27.3 Å². The second-order valence-electron chi connectivity index (χ2n) is 8.09. The molecule has 0 bridgehead atoms. The van der Waals surface area contributed by atoms with E-state index in [1.165, 1.54) is 0 Å². The highest BCUT2D eigenvalue weighted by Crippen LogP contribution is 2.17. The van der Waals surface area contributed by atoms with Crippen LogP contribution >= 0.6 is 0 Å². The van der Waals surface area contributed by atoms with Crippen molar-refractivity contribution in [3.63, 3.8) is 0 Å². The summed E-state index contributed by atoms with van der Waals surface area (Å²) in [6, 6.07) is 14.6. The van der Waals surface area contributed by atoms with Gasteiger partial charge in [0.1, 0.15) is 17.9 Å². The highest BCUT2D eigenvalue weighted by molar-refractivity contribution is 5.93. The zero-order valence-corrected chi connectivity index (χ0v) is 19.0. The van der Waals surface area contributed by atoms with Gasteiger partial charge in [-0.3, -0.25) is 9.59 Å². The van der Waals surface area contributed by atoms with Crippen LogP contribution in [0.15, 0.2) is 48.5 Å². The first kappa shape index (κ1) is 24.7. The van der Waals surface area contributed by atoms with Crippen molar-refractivity contribution in [2.75, 3.05) is 18.5 Å². The molecular weight excluding hydrogens is 410 g/mol. The first-order chi connectivity index (χ1) is 15.2. The third kappa shape index (κ3) is 9.07. The van der Waals surface area contributed by atoms with Crippen LogP contribution in [0.1, 0.15) is 38.8 Å². The summed E-state index contributed by atoms with van der Waals surface area (Å²) in [6.07, 6.45) is -0.443. The summed E-state index contributed by atoms with van der Waals surface area (Å²) in [7, 11) is 0. The molecule has 0 aliphatic rings. The average molecular weight is 442 g/mol. The van der Waals surface area contributed by atoms with E-state index < -0.39 is 11.7 Å². The van der Waals surface area contributed by atoms with Gasteiger partial charge in [0.05, 0.1) is 13.0 Å². The third-order valence-corrected chi connectivity index (χ3v) is 4.16. The number of ether oxygens (including phenoxy) is 2. The molecule has 2 aromatic carbocycles. The molecule has 0 radical (unpaired) electrons. The van der Waals surface area contributed by atoms with E-state index in [1.54, 1.807) is 26.8 Å². The van der Waals surface area contributed by atoms with E-state index in [0.717, 1.165) is 16.9 Å². The predicted molar refractivity (Wildman–Crippen MR) is 122 cm³/mol. The standard InChI is InChI=1S/C24H31N3O5/c1-5-31-19-12-10-17(11-13-19)14-21(28)27-20-9-7-6-8-18(20)15-25-22(29)16-26-23(30)32-24(2,3)4/h6-13H,5,14-16H2,1-4H3,(H,25,29)(H,26,30)(H,27,28). The summed E-state index contributed by atoms with van der Waals surface area (Å²) >= 11 is 0. The summed E-state index contributed by atoms with van der Waals surface area (Å²) < 4.78 is 10.5. The lowest BCUT2D eigenvalue weighted by Gasteiger charge is -2.19. The monoisotopic (exact) mass is 441 g/mol. The van der Waals surface area contributed by atoms with Crippen molar-refractivity contribution in [2.45, 2.75) is 46.3 Å². The van der Waals surface area contributed by atoms with Gasteiger partial charge < -0.3 is 25.4 Å². The molecular formula is C24H31N3O5. The van der Waals surface area contributed by atoms with Crippen LogP contribution in [0.2, 0.25) is 0 Å². The quantitative estimate of drug-likeness (QED) is 0.553. The smallest absolute Gasteiger partial charge is 0.408 e. The molecule has 0 saturated carbocycles. The van der Waals surface area contributed by atoms with Crippen molar-refractivity contribution >= 4 is 23.6 Å². The van der Waals surface area contributed by atoms with Crippen LogP contribution in [0.5, 0.6) is 5.75 Å². The first-order valence-electron chi connectivity index (χ1n) is 10.5. The fourth-order valence-electron chi connectivity index (χ4n) is 2.77. The van der Waals surface area contributed by atoms with E-state index >= 15 is 0 Å². The molecule has 2 rings (SSSR count). The largest absolute Gasteiger partial charge is 0.494 e. The third-order valence-electron chi connectivity index (χ3n) is 4.16. The molecule has 0 aliphatic carbocycles. The molecule has 8 heteroatoms. The van der Waals surface area contributed by atoms with Crippen LogP contribution in [-0.4, -0.2) is 36.7 Å². The van der Waals surface area contributed by atoms with Crippen LogP contribution in [0.25, 0.3) is 0 Å². The topological polar surface area (TPSA) is 106 Å². The van der Waals surface area contributed by atoms with E-state index in [4.69, 9.17) is 9.47 Å². The lowest BCUT2D eigenvalue weighted by molar-refractivity contribution is -0.120. The molecule has 0 aliphatic heterocycles. The summed E-state index contributed by atoms with van der Waals surface area (Å²) in [5.74, 6) is 0.227. The molecule has 0 heterocycles. The van der Waals surface area contributed by atoms with Crippen molar-refractivity contribution < 1.29 is 23.9 Å². The maximum absolute atomic E-state index is 12.5. The van der Waals surface area contributed by atoms with E-state index in [1.807, 2.05) is 49.4 Å². The molecule has 8 nitrogen and oxygen atoms in total. The van der Waals surface area contributed by atoms with Crippen LogP contribution in [0.3, 0.4) is 0 Å². The second kappa shape index (κ2) is 11.7. The van der Waals surface area contributed by atoms with Gasteiger partial charge >= 0.3 is 6.09 Å². The fraction of sp³-hybridized carbons (Fsp3) is 0.375. The SMILES string of the molecule is CCOc1ccc(CC(=O)Nc2ccccc2CNC(=O)CNC(=O)OC(C)(C)C)cc1. The number of carbonyl (C=O) groups excluding carboxylic acids is 3. The predicted octanol–water partition coefficient (Wildman–Crippen LogP) is 3.41. The van der Waals surface area contributed by atoms with Crippen LogP contribution in [0.4, 0.5) is 10.5 Å². The number of nitrogens with one attached hydrogen (secondary N) is 3. The summed E-state index contributed by atoms with van der Waals surface area (Å²) in [5.41, 5.74) is 1.59. The van der Waals surface area contributed by atoms with Gasteiger partial charge in [0.15, 0.2) is 0 Å². The van der Waals surface area contributed by atoms with Gasteiger partial charge in [0.25, 0.3) is 0 Å². The Bertz CT molecular complexity index is 920. The van der Waals surface area contributed by atoms with Crippen molar-refractivity contribution in [1.29, 1.82) is 0 Å². The normalized spacial score (nSPS) is 10.8. The maximum atomic E-state index is 12.5. The van der Waals surface area contributed by atoms with Gasteiger partial charge in [-0.15, -0.1) is 0 Å². The molecule has 0 atom stereocenters. The fourth-order valence-corrected chi connectivity index (χ4v) is 2.77. The van der Waals surface area contributed by atoms with E-state index in [2.05, 4.69) is 16.0 Å². The lowest BCUT2D eigenvalue weighted by atomic mass is 10.1. The number of rotatable bonds is 9. The van der Waals surface area contributed by atoms with Gasteiger partial charge in [-0.1, -0.05) is 30.3 Å². The Labute approximate surface area is 188 Å². The Morgan fingerprint density at radius 1 is 0.906 bits per heavy atom. The molecule has 172 valence electrons. The van der Waals surface area contributed by atoms with Gasteiger partial charge in [0, 0.05) is 12.2 Å². The first-order valence-corrected chi connectivity index (χ1v) is 10.5. The van der Waals surface area contributed by atoms with Gasteiger partial charge in [-0.05, 0) is 57.0 Å². The highest BCUT2D eigenvalue weighted by Gasteiger charge is 2.16. The Hall–Kier alpha value is -3.55. The molecule has 0 spiro atoms. The van der Waals surface area contributed by atoms with Crippen molar-refractivity contribution in [3.05, 3.63) is 59.7 Å². The molecule has 2 aromatic rings. The Kier molecular flexibility index (Phi) is 9.07. The summed E-state index contributed by atoms with van der Waals surface area (Å²) in [5, 5.41) is 8.02. The minimum atomic E-state index is -0.658. The number of anilines is 1. The van der Waals surface area contributed by atoms with E-state index in [0.29, 0.717) is 12.3 Å². The molecule has 0 fully saturated rings. The number of benzene rings is 2. The van der Waals surface area contributed by atoms with Crippen molar-refractivity contribution in [2.24, 2.45) is 0 Å². The number of carbonyl (C=O) groups is 3. The molecule has 0 aromatic heterocycles. The second-order valence-corrected chi connectivity index (χ2v) is 8.09. The number of hydrogen-bond acceptors (Lipinski definition) is 5. The van der Waals surface area contributed by atoms with E-state index in [9.17, 15) is 14.4 Å². The summed E-state index contributed by atoms with van der Waals surface area (Å²) in [6.45, 7) is 7.73. The maximum Gasteiger partial charge on any atom is 0.408 e.